The second-order valence-electron chi connectivity index (χ2n) is 4.89. The van der Waals surface area contributed by atoms with Crippen LogP contribution in [0, 0.1) is 5.92 Å². The molecule has 1 aliphatic heterocycles. The Labute approximate surface area is 108 Å². The molecule has 0 unspecified atom stereocenters. The Bertz CT molecular complexity index is 298. The maximum absolute atomic E-state index is 11.7. The molecule has 1 heterocycles. The first-order valence-electron chi connectivity index (χ1n) is 6.27. The molecule has 0 spiro atoms. The smallest absolute Gasteiger partial charge is 0.290 e. The minimum Gasteiger partial charge on any atom is -0.378 e. The molecule has 0 aliphatic carbocycles. The molecule has 0 aromatic carbocycles. The van der Waals surface area contributed by atoms with Gasteiger partial charge in [0.1, 0.15) is 0 Å². The van der Waals surface area contributed by atoms with E-state index in [1.54, 1.807) is 11.9 Å². The number of amidine groups is 1. The molecule has 0 saturated carbocycles. The quantitative estimate of drug-likeness (QED) is 0.257. The molecule has 104 valence electrons. The van der Waals surface area contributed by atoms with Gasteiger partial charge in [0.15, 0.2) is 0 Å². The number of rotatable bonds is 4. The van der Waals surface area contributed by atoms with Gasteiger partial charge in [-0.05, 0) is 45.3 Å². The minimum absolute atomic E-state index is 0.108. The summed E-state index contributed by atoms with van der Waals surface area (Å²) in [6.45, 7) is 2.99. The number of likely N-dealkylation sites (tertiary alicyclic amines) is 1. The lowest BCUT2D eigenvalue weighted by atomic mass is 9.94. The molecule has 18 heavy (non-hydrogen) atoms. The van der Waals surface area contributed by atoms with Crippen molar-refractivity contribution in [3.63, 3.8) is 0 Å². The van der Waals surface area contributed by atoms with Crippen molar-refractivity contribution >= 4 is 11.7 Å². The van der Waals surface area contributed by atoms with Gasteiger partial charge in [-0.1, -0.05) is 0 Å². The fourth-order valence-corrected chi connectivity index (χ4v) is 2.14. The van der Waals surface area contributed by atoms with Crippen molar-refractivity contribution < 1.29 is 4.79 Å². The van der Waals surface area contributed by atoms with Crippen LogP contribution in [0.15, 0.2) is 5.10 Å². The van der Waals surface area contributed by atoms with Crippen molar-refractivity contribution in [1.29, 1.82) is 0 Å². The van der Waals surface area contributed by atoms with E-state index in [0.717, 1.165) is 19.5 Å². The molecule has 5 N–H and O–H groups in total. The van der Waals surface area contributed by atoms with Gasteiger partial charge in [-0.3, -0.25) is 4.79 Å². The summed E-state index contributed by atoms with van der Waals surface area (Å²) >= 11 is 0. The maximum atomic E-state index is 11.7. The number of hydrogen-bond donors (Lipinski definition) is 3. The number of hydrogen-bond acceptors (Lipinski definition) is 5. The van der Waals surface area contributed by atoms with E-state index in [1.807, 2.05) is 5.53 Å². The van der Waals surface area contributed by atoms with Crippen LogP contribution >= 0.6 is 0 Å². The number of amides is 1. The third-order valence-electron chi connectivity index (χ3n) is 3.46. The molecule has 0 atom stereocenters. The van der Waals surface area contributed by atoms with E-state index in [1.165, 1.54) is 12.8 Å². The van der Waals surface area contributed by atoms with Crippen LogP contribution in [0.25, 0.3) is 0 Å². The first-order valence-corrected chi connectivity index (χ1v) is 6.27. The van der Waals surface area contributed by atoms with Crippen LogP contribution < -0.4 is 17.1 Å². The number of piperidine rings is 1. The molecular formula is C11H24N6O. The summed E-state index contributed by atoms with van der Waals surface area (Å²) < 4.78 is 0. The van der Waals surface area contributed by atoms with Gasteiger partial charge in [0.25, 0.3) is 5.91 Å². The van der Waals surface area contributed by atoms with E-state index in [0.29, 0.717) is 12.5 Å². The van der Waals surface area contributed by atoms with Crippen molar-refractivity contribution in [1.82, 2.24) is 15.3 Å². The molecule has 0 aromatic rings. The highest BCUT2D eigenvalue weighted by molar-refractivity contribution is 6.36. The highest BCUT2D eigenvalue weighted by Crippen LogP contribution is 2.19. The van der Waals surface area contributed by atoms with Crippen LogP contribution in [0.3, 0.4) is 0 Å². The molecule has 1 amide bonds. The highest BCUT2D eigenvalue weighted by atomic mass is 16.2. The van der Waals surface area contributed by atoms with Crippen molar-refractivity contribution in [2.45, 2.75) is 19.3 Å². The summed E-state index contributed by atoms with van der Waals surface area (Å²) in [5.41, 5.74) is 7.49. The molecule has 0 radical (unpaired) electrons. The van der Waals surface area contributed by atoms with E-state index in [2.05, 4.69) is 17.0 Å². The number of hydrazine groups is 1. The summed E-state index contributed by atoms with van der Waals surface area (Å²) in [5, 5.41) is 3.47. The monoisotopic (exact) mass is 256 g/mol. The van der Waals surface area contributed by atoms with E-state index in [-0.39, 0.29) is 11.7 Å². The number of nitrogens with zero attached hydrogens (tertiary/aromatic N) is 3. The third-order valence-corrected chi connectivity index (χ3v) is 3.46. The topological polar surface area (TPSA) is 100.0 Å². The lowest BCUT2D eigenvalue weighted by molar-refractivity contribution is -0.123. The summed E-state index contributed by atoms with van der Waals surface area (Å²) in [6, 6.07) is 0. The molecule has 7 heteroatoms. The zero-order valence-corrected chi connectivity index (χ0v) is 11.2. The number of nitrogens with two attached hydrogens (primary N) is 2. The van der Waals surface area contributed by atoms with Gasteiger partial charge in [-0.2, -0.15) is 0 Å². The molecule has 1 fully saturated rings. The predicted molar refractivity (Wildman–Crippen MR) is 71.4 cm³/mol. The Morgan fingerprint density at radius 2 is 2.11 bits per heavy atom. The number of hydrazone groups is 1. The molecular weight excluding hydrogens is 232 g/mol. The SMILES string of the molecule is CN1CCC(CCN(C)C(=O)/C(N)=N/NN)CC1. The molecule has 0 aromatic heterocycles. The second-order valence-corrected chi connectivity index (χ2v) is 4.89. The highest BCUT2D eigenvalue weighted by Gasteiger charge is 2.19. The Kier molecular flexibility index (Phi) is 5.87. The number of carbonyl (C=O) groups is 1. The van der Waals surface area contributed by atoms with Crippen molar-refractivity contribution in [3.8, 4) is 0 Å². The Hall–Kier alpha value is -1.34. The first kappa shape index (κ1) is 14.7. The van der Waals surface area contributed by atoms with Crippen LogP contribution in [0.4, 0.5) is 0 Å². The predicted octanol–water partition coefficient (Wildman–Crippen LogP) is -1.09. The van der Waals surface area contributed by atoms with Crippen molar-refractivity contribution in [2.24, 2.45) is 22.6 Å². The van der Waals surface area contributed by atoms with Gasteiger partial charge in [0, 0.05) is 13.6 Å². The van der Waals surface area contributed by atoms with Crippen LogP contribution in [-0.4, -0.2) is 55.3 Å². The third kappa shape index (κ3) is 4.50. The van der Waals surface area contributed by atoms with E-state index < -0.39 is 0 Å². The lowest BCUT2D eigenvalue weighted by Gasteiger charge is -2.30. The average Bonchev–Trinajstić information content (AvgIpc) is 2.37. The molecule has 1 rings (SSSR count). The van der Waals surface area contributed by atoms with Gasteiger partial charge in [0.05, 0.1) is 0 Å². The zero-order valence-electron chi connectivity index (χ0n) is 11.2. The molecule has 1 aliphatic rings. The van der Waals surface area contributed by atoms with E-state index >= 15 is 0 Å². The molecule has 7 nitrogen and oxygen atoms in total. The molecule has 0 bridgehead atoms. The molecule has 1 saturated heterocycles. The largest absolute Gasteiger partial charge is 0.378 e. The van der Waals surface area contributed by atoms with Crippen LogP contribution in [0.5, 0.6) is 0 Å². The number of carbonyl (C=O) groups excluding carboxylic acids is 1. The van der Waals surface area contributed by atoms with E-state index in [9.17, 15) is 4.79 Å². The fourth-order valence-electron chi connectivity index (χ4n) is 2.14. The Morgan fingerprint density at radius 1 is 1.50 bits per heavy atom. The van der Waals surface area contributed by atoms with Gasteiger partial charge in [-0.15, -0.1) is 5.10 Å². The standard InChI is InChI=1S/C11H24N6O/c1-16-6-3-9(4-7-16)5-8-17(2)11(18)10(12)14-15-13/h9,15H,3-8,13H2,1-2H3,(H2,12,14). The van der Waals surface area contributed by atoms with Crippen LogP contribution in [0.1, 0.15) is 19.3 Å². The van der Waals surface area contributed by atoms with Gasteiger partial charge in [0.2, 0.25) is 5.84 Å². The minimum atomic E-state index is -0.291. The van der Waals surface area contributed by atoms with Crippen molar-refractivity contribution in [2.75, 3.05) is 33.7 Å². The number of likely N-dealkylation sites (N-methyl/N-ethyl adjacent to an activating group) is 1. The first-order chi connectivity index (χ1) is 8.54. The maximum Gasteiger partial charge on any atom is 0.290 e. The average molecular weight is 256 g/mol. The second kappa shape index (κ2) is 7.17. The fraction of sp³-hybridized carbons (Fsp3) is 0.818. The summed E-state index contributed by atoms with van der Waals surface area (Å²) in [7, 11) is 3.87. The van der Waals surface area contributed by atoms with Gasteiger partial charge >= 0.3 is 0 Å². The Balaban J connectivity index is 2.30. The van der Waals surface area contributed by atoms with Crippen LogP contribution in [0.2, 0.25) is 0 Å². The summed E-state index contributed by atoms with van der Waals surface area (Å²) in [6.07, 6.45) is 3.42. The van der Waals surface area contributed by atoms with Crippen molar-refractivity contribution in [3.05, 3.63) is 0 Å². The zero-order chi connectivity index (χ0) is 13.5. The van der Waals surface area contributed by atoms with Gasteiger partial charge in [-0.25, -0.2) is 11.4 Å². The van der Waals surface area contributed by atoms with E-state index in [4.69, 9.17) is 11.6 Å². The normalized spacial score (nSPS) is 18.7. The Morgan fingerprint density at radius 3 is 2.67 bits per heavy atom. The summed E-state index contributed by atoms with van der Waals surface area (Å²) in [4.78, 5) is 15.7. The van der Waals surface area contributed by atoms with Crippen LogP contribution in [-0.2, 0) is 4.79 Å². The lowest BCUT2D eigenvalue weighted by Crippen LogP contribution is -2.41. The van der Waals surface area contributed by atoms with Gasteiger partial charge < -0.3 is 15.5 Å². The number of nitrogens with one attached hydrogen (secondary N) is 1. The summed E-state index contributed by atoms with van der Waals surface area (Å²) in [5.74, 6) is 5.28.